The first-order valence-corrected chi connectivity index (χ1v) is 11.6. The Morgan fingerprint density at radius 2 is 2.00 bits per heavy atom. The van der Waals surface area contributed by atoms with Crippen molar-refractivity contribution in [3.05, 3.63) is 47.3 Å². The number of carbonyl (C=O) groups excluding carboxylic acids is 1. The molecule has 0 bridgehead atoms. The molecule has 8 nitrogen and oxygen atoms in total. The van der Waals surface area contributed by atoms with E-state index in [1.807, 2.05) is 0 Å². The number of sulfone groups is 1. The highest BCUT2D eigenvalue weighted by molar-refractivity contribution is 7.91. The quantitative estimate of drug-likeness (QED) is 0.694. The van der Waals surface area contributed by atoms with Crippen molar-refractivity contribution < 1.29 is 26.7 Å². The van der Waals surface area contributed by atoms with Gasteiger partial charge in [-0.25, -0.2) is 26.7 Å². The van der Waals surface area contributed by atoms with Crippen LogP contribution in [0.4, 0.5) is 19.3 Å². The van der Waals surface area contributed by atoms with Crippen LogP contribution in [0.3, 0.4) is 0 Å². The van der Waals surface area contributed by atoms with Gasteiger partial charge in [0.05, 0.1) is 36.0 Å². The summed E-state index contributed by atoms with van der Waals surface area (Å²) in [5, 5.41) is 7.81. The van der Waals surface area contributed by atoms with E-state index in [2.05, 4.69) is 22.9 Å². The first-order valence-electron chi connectivity index (χ1n) is 9.12. The van der Waals surface area contributed by atoms with Crippen LogP contribution in [-0.2, 0) is 26.9 Å². The maximum atomic E-state index is 14.7. The topological polar surface area (TPSA) is 94.4 Å². The number of thiol groups is 1. The molecule has 0 aliphatic carbocycles. The summed E-state index contributed by atoms with van der Waals surface area (Å²) < 4.78 is 59.3. The Morgan fingerprint density at radius 3 is 2.60 bits per heavy atom. The van der Waals surface area contributed by atoms with Gasteiger partial charge >= 0.3 is 6.09 Å². The van der Waals surface area contributed by atoms with Gasteiger partial charge in [-0.3, -0.25) is 4.90 Å². The summed E-state index contributed by atoms with van der Waals surface area (Å²) in [7, 11) is -3.22. The molecule has 1 saturated heterocycles. The third-order valence-corrected chi connectivity index (χ3v) is 6.76. The molecular formula is C18H18F2N4O4S2. The van der Waals surface area contributed by atoms with E-state index in [9.17, 15) is 22.0 Å². The molecule has 12 heteroatoms. The van der Waals surface area contributed by atoms with Gasteiger partial charge < -0.3 is 4.74 Å². The molecule has 0 radical (unpaired) electrons. The number of halogens is 2. The van der Waals surface area contributed by atoms with Crippen molar-refractivity contribution in [3.8, 4) is 0 Å². The second kappa shape index (κ2) is 7.99. The maximum absolute atomic E-state index is 14.7. The highest BCUT2D eigenvalue weighted by Gasteiger charge is 2.34. The number of carbonyl (C=O) groups is 1. The van der Waals surface area contributed by atoms with Crippen LogP contribution in [0.5, 0.6) is 0 Å². The predicted octanol–water partition coefficient (Wildman–Crippen LogP) is 2.21. The second-order valence-electron chi connectivity index (χ2n) is 7.08. The minimum Gasteiger partial charge on any atom is -0.442 e. The number of ether oxygens (including phenoxy) is 1. The molecule has 30 heavy (non-hydrogen) atoms. The first kappa shape index (κ1) is 20.8. The minimum atomic E-state index is -3.22. The van der Waals surface area contributed by atoms with E-state index in [1.54, 1.807) is 6.20 Å². The summed E-state index contributed by atoms with van der Waals surface area (Å²) in [5.41, 5.74) is 0.739. The summed E-state index contributed by atoms with van der Waals surface area (Å²) in [5.74, 6) is -1.70. The number of allylic oxidation sites excluding steroid dienone is 1. The van der Waals surface area contributed by atoms with Crippen molar-refractivity contribution in [2.75, 3.05) is 23.0 Å². The van der Waals surface area contributed by atoms with Gasteiger partial charge in [-0.05, 0) is 24.1 Å². The Kier molecular flexibility index (Phi) is 5.53. The van der Waals surface area contributed by atoms with Crippen molar-refractivity contribution in [2.45, 2.75) is 24.8 Å². The van der Waals surface area contributed by atoms with Gasteiger partial charge in [0, 0.05) is 17.5 Å². The van der Waals surface area contributed by atoms with Gasteiger partial charge in [-0.2, -0.15) is 12.6 Å². The molecule has 0 spiro atoms. The number of hydrogen-bond donors (Lipinski definition) is 1. The molecule has 1 aromatic carbocycles. The lowest BCUT2D eigenvalue weighted by Crippen LogP contribution is -2.26. The van der Waals surface area contributed by atoms with E-state index < -0.39 is 33.7 Å². The Bertz CT molecular complexity index is 1110. The zero-order valence-electron chi connectivity index (χ0n) is 15.7. The standard InChI is InChI=1S/C18H18F2N4O4S2/c19-15-5-13(6-16(20)17(15)11-1-3-30(26,27)4-2-11)24-9-14(28-18(24)25)8-23-7-12(10-29)21-22-23/h1,5-7,14,29H,2-4,8-10H2/t14-/m0/s1. The predicted molar refractivity (Wildman–Crippen MR) is 108 cm³/mol. The van der Waals surface area contributed by atoms with Crippen LogP contribution in [0.1, 0.15) is 17.7 Å². The first-order chi connectivity index (χ1) is 14.3. The largest absolute Gasteiger partial charge is 0.442 e. The zero-order chi connectivity index (χ0) is 21.5. The van der Waals surface area contributed by atoms with E-state index in [-0.39, 0.29) is 42.3 Å². The SMILES string of the molecule is O=C1O[C@@H](Cn2cc(CS)nn2)CN1c1cc(F)c(C2=CCS(=O)(=O)CC2)c(F)c1. The molecule has 1 fully saturated rings. The van der Waals surface area contributed by atoms with Gasteiger partial charge in [-0.1, -0.05) is 11.3 Å². The van der Waals surface area contributed by atoms with Crippen molar-refractivity contribution in [1.82, 2.24) is 15.0 Å². The normalized spacial score (nSPS) is 20.9. The van der Waals surface area contributed by atoms with Crippen molar-refractivity contribution >= 4 is 39.8 Å². The Labute approximate surface area is 176 Å². The number of aromatic nitrogens is 3. The summed E-state index contributed by atoms with van der Waals surface area (Å²) in [4.78, 5) is 13.4. The van der Waals surface area contributed by atoms with Crippen LogP contribution in [-0.4, -0.2) is 53.7 Å². The number of anilines is 1. The molecule has 2 aliphatic rings. The maximum Gasteiger partial charge on any atom is 0.414 e. The fourth-order valence-electron chi connectivity index (χ4n) is 3.46. The van der Waals surface area contributed by atoms with Gasteiger partial charge in [0.15, 0.2) is 9.84 Å². The molecule has 0 unspecified atom stereocenters. The number of benzene rings is 1. The van der Waals surface area contributed by atoms with Crippen molar-refractivity contribution in [3.63, 3.8) is 0 Å². The number of hydrogen-bond acceptors (Lipinski definition) is 7. The van der Waals surface area contributed by atoms with E-state index in [0.717, 1.165) is 17.0 Å². The number of amides is 1. The van der Waals surface area contributed by atoms with E-state index >= 15 is 0 Å². The third kappa shape index (κ3) is 4.19. The lowest BCUT2D eigenvalue weighted by molar-refractivity contribution is 0.129. The molecular weight excluding hydrogens is 438 g/mol. The molecule has 2 aromatic rings. The molecule has 2 aliphatic heterocycles. The molecule has 0 saturated carbocycles. The monoisotopic (exact) mass is 456 g/mol. The smallest absolute Gasteiger partial charge is 0.414 e. The van der Waals surface area contributed by atoms with Gasteiger partial charge in [0.2, 0.25) is 0 Å². The van der Waals surface area contributed by atoms with Crippen LogP contribution in [0.25, 0.3) is 5.57 Å². The molecule has 4 rings (SSSR count). The second-order valence-corrected chi connectivity index (χ2v) is 9.63. The summed E-state index contributed by atoms with van der Waals surface area (Å²) in [6, 6.07) is 2.11. The van der Waals surface area contributed by atoms with Crippen molar-refractivity contribution in [2.24, 2.45) is 0 Å². The fraction of sp³-hybridized carbons (Fsp3) is 0.389. The Hall–Kier alpha value is -2.47. The summed E-state index contributed by atoms with van der Waals surface area (Å²) >= 11 is 4.11. The van der Waals surface area contributed by atoms with Crippen LogP contribution in [0, 0.1) is 11.6 Å². The third-order valence-electron chi connectivity index (χ3n) is 4.94. The molecule has 1 atom stereocenters. The lowest BCUT2D eigenvalue weighted by Gasteiger charge is -2.18. The van der Waals surface area contributed by atoms with Crippen LogP contribution in [0.2, 0.25) is 0 Å². The van der Waals surface area contributed by atoms with Crippen molar-refractivity contribution in [1.29, 1.82) is 0 Å². The van der Waals surface area contributed by atoms with E-state index in [0.29, 0.717) is 17.0 Å². The molecule has 3 heterocycles. The van der Waals surface area contributed by atoms with Gasteiger partial charge in [0.25, 0.3) is 0 Å². The lowest BCUT2D eigenvalue weighted by atomic mass is 10.0. The molecule has 1 amide bonds. The molecule has 1 aromatic heterocycles. The zero-order valence-corrected chi connectivity index (χ0v) is 17.4. The summed E-state index contributed by atoms with van der Waals surface area (Å²) in [6.45, 7) is 0.335. The van der Waals surface area contributed by atoms with E-state index in [1.165, 1.54) is 10.8 Å². The van der Waals surface area contributed by atoms with Gasteiger partial charge in [-0.15, -0.1) is 5.10 Å². The van der Waals surface area contributed by atoms with Crippen LogP contribution in [0.15, 0.2) is 24.4 Å². The number of rotatable bonds is 5. The average molecular weight is 456 g/mol. The van der Waals surface area contributed by atoms with E-state index in [4.69, 9.17) is 4.74 Å². The fourth-order valence-corrected chi connectivity index (χ4v) is 4.76. The number of cyclic esters (lactones) is 1. The summed E-state index contributed by atoms with van der Waals surface area (Å²) in [6.07, 6.45) is 1.76. The highest BCUT2D eigenvalue weighted by Crippen LogP contribution is 2.32. The van der Waals surface area contributed by atoms with Gasteiger partial charge in [0.1, 0.15) is 17.7 Å². The van der Waals surface area contributed by atoms with Crippen LogP contribution >= 0.6 is 12.6 Å². The minimum absolute atomic E-state index is 0.0277. The number of nitrogens with zero attached hydrogens (tertiary/aromatic N) is 4. The van der Waals surface area contributed by atoms with Crippen LogP contribution < -0.4 is 4.90 Å². The average Bonchev–Trinajstić information content (AvgIpc) is 3.28. The highest BCUT2D eigenvalue weighted by atomic mass is 32.2. The Balaban J connectivity index is 1.53. The molecule has 0 N–H and O–H groups in total. The molecule has 160 valence electrons. The Morgan fingerprint density at radius 1 is 1.27 bits per heavy atom.